The first-order valence-electron chi connectivity index (χ1n) is 5.66. The van der Waals surface area contributed by atoms with Crippen molar-refractivity contribution in [2.45, 2.75) is 11.6 Å². The molecule has 0 fully saturated rings. The summed E-state index contributed by atoms with van der Waals surface area (Å²) in [7, 11) is -3.75. The van der Waals surface area contributed by atoms with Gasteiger partial charge in [-0.3, -0.25) is 4.40 Å². The van der Waals surface area contributed by atoms with Crippen molar-refractivity contribution >= 4 is 59.4 Å². The third-order valence-electron chi connectivity index (χ3n) is 2.72. The Kier molecular flexibility index (Phi) is 4.03. The maximum atomic E-state index is 12.5. The first-order valence-corrected chi connectivity index (χ1v) is 9.70. The molecule has 0 bridgehead atoms. The number of sulfonamides is 1. The van der Waals surface area contributed by atoms with Gasteiger partial charge in [-0.25, -0.2) is 19.0 Å². The van der Waals surface area contributed by atoms with Crippen LogP contribution >= 0.6 is 38.6 Å². The fourth-order valence-electron chi connectivity index (χ4n) is 1.80. The number of hydrogen-bond donors (Lipinski definition) is 3. The monoisotopic (exact) mass is 407 g/mol. The summed E-state index contributed by atoms with van der Waals surface area (Å²) in [5.74, 6) is 5.49. The molecular formula is C10H10BrN5O2S3. The number of thiazole rings is 1. The third-order valence-corrected chi connectivity index (χ3v) is 6.83. The van der Waals surface area contributed by atoms with Gasteiger partial charge in [-0.2, -0.15) is 4.98 Å². The van der Waals surface area contributed by atoms with E-state index in [1.54, 1.807) is 11.6 Å². The van der Waals surface area contributed by atoms with Crippen LogP contribution in [0.1, 0.15) is 4.88 Å². The van der Waals surface area contributed by atoms with Gasteiger partial charge in [0.1, 0.15) is 0 Å². The van der Waals surface area contributed by atoms with Crippen molar-refractivity contribution in [1.82, 2.24) is 14.1 Å². The number of thiophene rings is 1. The zero-order valence-electron chi connectivity index (χ0n) is 10.4. The van der Waals surface area contributed by atoms with Crippen molar-refractivity contribution in [2.75, 3.05) is 5.43 Å². The zero-order valence-corrected chi connectivity index (χ0v) is 14.4. The van der Waals surface area contributed by atoms with E-state index in [9.17, 15) is 8.42 Å². The highest BCUT2D eigenvalue weighted by molar-refractivity contribution is 9.10. The third kappa shape index (κ3) is 2.72. The number of anilines is 1. The lowest BCUT2D eigenvalue weighted by atomic mass is 10.5. The van der Waals surface area contributed by atoms with Gasteiger partial charge in [0, 0.05) is 27.5 Å². The van der Waals surface area contributed by atoms with Crippen molar-refractivity contribution in [3.63, 3.8) is 0 Å². The van der Waals surface area contributed by atoms with Crippen molar-refractivity contribution < 1.29 is 8.42 Å². The van der Waals surface area contributed by atoms with Crippen LogP contribution in [0.15, 0.2) is 32.5 Å². The number of nitrogens with one attached hydrogen (secondary N) is 2. The Balaban J connectivity index is 1.96. The highest BCUT2D eigenvalue weighted by atomic mass is 79.9. The van der Waals surface area contributed by atoms with Crippen molar-refractivity contribution in [2.24, 2.45) is 5.84 Å². The van der Waals surface area contributed by atoms with Gasteiger partial charge in [0.25, 0.3) is 10.0 Å². The average Bonchev–Trinajstić information content (AvgIpc) is 3.10. The zero-order chi connectivity index (χ0) is 15.0. The summed E-state index contributed by atoms with van der Waals surface area (Å²) in [4.78, 5) is 5.59. The van der Waals surface area contributed by atoms with E-state index in [-0.39, 0.29) is 17.4 Å². The van der Waals surface area contributed by atoms with Gasteiger partial charge in [-0.1, -0.05) is 0 Å². The van der Waals surface area contributed by atoms with Crippen LogP contribution < -0.4 is 16.0 Å². The summed E-state index contributed by atoms with van der Waals surface area (Å²) in [6.07, 6.45) is 1.64. The van der Waals surface area contributed by atoms with Gasteiger partial charge >= 0.3 is 0 Å². The van der Waals surface area contributed by atoms with Gasteiger partial charge in [0.15, 0.2) is 10.8 Å². The SMILES string of the molecule is NNc1nc2sccn2c1S(=O)(=O)NCc1sccc1Br. The molecule has 7 nitrogen and oxygen atoms in total. The summed E-state index contributed by atoms with van der Waals surface area (Å²) in [6, 6.07) is 1.87. The number of nitrogen functional groups attached to an aromatic ring is 1. The normalized spacial score (nSPS) is 12.1. The number of fused-ring (bicyclic) bond motifs is 1. The number of hydrogen-bond acceptors (Lipinski definition) is 7. The van der Waals surface area contributed by atoms with E-state index in [0.29, 0.717) is 4.96 Å². The van der Waals surface area contributed by atoms with Crippen LogP contribution in [0.2, 0.25) is 0 Å². The molecule has 0 saturated heterocycles. The van der Waals surface area contributed by atoms with Gasteiger partial charge in [-0.15, -0.1) is 22.7 Å². The van der Waals surface area contributed by atoms with Gasteiger partial charge < -0.3 is 5.43 Å². The second-order valence-corrected chi connectivity index (χ2v) is 8.39. The Morgan fingerprint density at radius 3 is 2.86 bits per heavy atom. The summed E-state index contributed by atoms with van der Waals surface area (Å²) < 4.78 is 30.0. The Hall–Kier alpha value is -0.980. The van der Waals surface area contributed by atoms with Crippen LogP contribution in [0.5, 0.6) is 0 Å². The van der Waals surface area contributed by atoms with E-state index >= 15 is 0 Å². The molecular weight excluding hydrogens is 398 g/mol. The highest BCUT2D eigenvalue weighted by Crippen LogP contribution is 2.26. The first kappa shape index (κ1) is 14.9. The van der Waals surface area contributed by atoms with Gasteiger partial charge in [0.05, 0.1) is 0 Å². The number of nitrogens with zero attached hydrogens (tertiary/aromatic N) is 2. The van der Waals surface area contributed by atoms with Crippen LogP contribution in [0, 0.1) is 0 Å². The molecule has 0 aliphatic heterocycles. The molecule has 0 aliphatic rings. The molecule has 0 radical (unpaired) electrons. The number of nitrogens with two attached hydrogens (primary N) is 1. The maximum Gasteiger partial charge on any atom is 0.260 e. The lowest BCUT2D eigenvalue weighted by Crippen LogP contribution is -2.25. The van der Waals surface area contributed by atoms with Crippen LogP contribution in [0.3, 0.4) is 0 Å². The molecule has 3 rings (SSSR count). The molecule has 0 aromatic carbocycles. The fraction of sp³-hybridized carbons (Fsp3) is 0.100. The summed E-state index contributed by atoms with van der Waals surface area (Å²) in [5.41, 5.74) is 2.33. The standard InChI is InChI=1S/C10H10BrN5O2S3/c11-6-1-3-19-7(6)5-13-21(17,18)9-8(15-12)14-10-16(9)2-4-20-10/h1-4,13,15H,5,12H2. The molecule has 3 aromatic heterocycles. The Morgan fingerprint density at radius 2 is 2.19 bits per heavy atom. The molecule has 0 spiro atoms. The second kappa shape index (κ2) is 5.66. The largest absolute Gasteiger partial charge is 0.306 e. The predicted molar refractivity (Wildman–Crippen MR) is 86.9 cm³/mol. The number of halogens is 1. The fourth-order valence-corrected chi connectivity index (χ4v) is 5.33. The molecule has 112 valence electrons. The summed E-state index contributed by atoms with van der Waals surface area (Å²) in [6.45, 7) is 0.196. The van der Waals surface area contributed by atoms with Gasteiger partial charge in [-0.05, 0) is 27.4 Å². The van der Waals surface area contributed by atoms with E-state index in [1.165, 1.54) is 27.1 Å². The topological polar surface area (TPSA) is 102 Å². The number of aromatic nitrogens is 2. The van der Waals surface area contributed by atoms with E-state index in [0.717, 1.165) is 9.35 Å². The Morgan fingerprint density at radius 1 is 1.38 bits per heavy atom. The van der Waals surface area contributed by atoms with E-state index in [1.807, 2.05) is 11.4 Å². The number of imidazole rings is 1. The van der Waals surface area contributed by atoms with E-state index < -0.39 is 10.0 Å². The smallest absolute Gasteiger partial charge is 0.260 e. The number of hydrazine groups is 1. The van der Waals surface area contributed by atoms with Gasteiger partial charge in [0.2, 0.25) is 5.03 Å². The average molecular weight is 408 g/mol. The molecule has 0 amide bonds. The van der Waals surface area contributed by atoms with Crippen LogP contribution in [-0.2, 0) is 16.6 Å². The highest BCUT2D eigenvalue weighted by Gasteiger charge is 2.25. The minimum absolute atomic E-state index is 0.00827. The van der Waals surface area contributed by atoms with E-state index in [2.05, 4.69) is 31.1 Å². The second-order valence-electron chi connectivity index (χ2n) is 3.98. The Labute approximate surface area is 137 Å². The minimum Gasteiger partial charge on any atom is -0.306 e. The molecule has 11 heteroatoms. The maximum absolute atomic E-state index is 12.5. The predicted octanol–water partition coefficient (Wildman–Crippen LogP) is 1.98. The molecule has 0 atom stereocenters. The van der Waals surface area contributed by atoms with Crippen LogP contribution in [-0.4, -0.2) is 17.8 Å². The molecule has 3 aromatic rings. The quantitative estimate of drug-likeness (QED) is 0.443. The van der Waals surface area contributed by atoms with Crippen LogP contribution in [0.25, 0.3) is 4.96 Å². The summed E-state index contributed by atoms with van der Waals surface area (Å²) >= 11 is 6.17. The molecule has 0 saturated carbocycles. The first-order chi connectivity index (χ1) is 10.0. The molecule has 21 heavy (non-hydrogen) atoms. The lowest BCUT2D eigenvalue weighted by Gasteiger charge is -2.07. The van der Waals surface area contributed by atoms with Crippen molar-refractivity contribution in [3.8, 4) is 0 Å². The minimum atomic E-state index is -3.75. The van der Waals surface area contributed by atoms with Crippen LogP contribution in [0.4, 0.5) is 5.82 Å². The molecule has 3 heterocycles. The summed E-state index contributed by atoms with van der Waals surface area (Å²) in [5, 5.41) is 3.66. The molecule has 0 aliphatic carbocycles. The van der Waals surface area contributed by atoms with E-state index in [4.69, 9.17) is 5.84 Å². The lowest BCUT2D eigenvalue weighted by molar-refractivity contribution is 0.577. The van der Waals surface area contributed by atoms with Crippen molar-refractivity contribution in [1.29, 1.82) is 0 Å². The molecule has 0 unspecified atom stereocenters. The number of rotatable bonds is 5. The Bertz CT molecular complexity index is 882. The van der Waals surface area contributed by atoms with Crippen molar-refractivity contribution in [3.05, 3.63) is 32.4 Å². The molecule has 4 N–H and O–H groups in total.